The van der Waals surface area contributed by atoms with Crippen LogP contribution in [0.1, 0.15) is 44.9 Å². The van der Waals surface area contributed by atoms with E-state index in [2.05, 4.69) is 10.2 Å². The van der Waals surface area contributed by atoms with Gasteiger partial charge in [0.15, 0.2) is 0 Å². The van der Waals surface area contributed by atoms with Gasteiger partial charge in [-0.3, -0.25) is 4.90 Å². The smallest absolute Gasteiger partial charge is 0.0730 e. The number of hydrogen-bond donors (Lipinski definition) is 1. The Balaban J connectivity index is 1.42. The summed E-state index contributed by atoms with van der Waals surface area (Å²) in [6, 6.07) is 0.745. The second kappa shape index (κ2) is 6.36. The molecule has 3 aliphatic rings. The van der Waals surface area contributed by atoms with Crippen molar-refractivity contribution in [3.05, 3.63) is 0 Å². The molecular weight excluding hydrogens is 224 g/mol. The molecule has 0 amide bonds. The highest BCUT2D eigenvalue weighted by Gasteiger charge is 2.33. The topological polar surface area (TPSA) is 24.5 Å². The Morgan fingerprint density at radius 1 is 1.17 bits per heavy atom. The lowest BCUT2D eigenvalue weighted by Gasteiger charge is -2.44. The monoisotopic (exact) mass is 252 g/mol. The lowest BCUT2D eigenvalue weighted by atomic mass is 9.90. The van der Waals surface area contributed by atoms with Crippen LogP contribution in [0.5, 0.6) is 0 Å². The molecule has 3 heteroatoms. The van der Waals surface area contributed by atoms with Crippen molar-refractivity contribution in [2.24, 2.45) is 5.92 Å². The van der Waals surface area contributed by atoms with Crippen LogP contribution in [0.4, 0.5) is 0 Å². The number of rotatable bonds is 4. The lowest BCUT2D eigenvalue weighted by Crippen LogP contribution is -2.52. The molecule has 1 aliphatic carbocycles. The average Bonchev–Trinajstić information content (AvgIpc) is 2.92. The van der Waals surface area contributed by atoms with Gasteiger partial charge in [0.25, 0.3) is 0 Å². The quantitative estimate of drug-likeness (QED) is 0.828. The molecule has 0 bridgehead atoms. The predicted octanol–water partition coefficient (Wildman–Crippen LogP) is 2.02. The highest BCUT2D eigenvalue weighted by atomic mass is 16.5. The van der Waals surface area contributed by atoms with Crippen molar-refractivity contribution in [1.82, 2.24) is 10.2 Å². The van der Waals surface area contributed by atoms with Crippen molar-refractivity contribution in [2.45, 2.75) is 57.1 Å². The first-order valence-corrected chi connectivity index (χ1v) is 8.00. The van der Waals surface area contributed by atoms with E-state index in [0.717, 1.165) is 18.6 Å². The van der Waals surface area contributed by atoms with E-state index in [0.29, 0.717) is 6.10 Å². The molecule has 0 aromatic carbocycles. The van der Waals surface area contributed by atoms with Gasteiger partial charge in [0.2, 0.25) is 0 Å². The number of fused-ring (bicyclic) bond motifs is 1. The van der Waals surface area contributed by atoms with Crippen LogP contribution in [0, 0.1) is 5.92 Å². The molecule has 0 radical (unpaired) electrons. The van der Waals surface area contributed by atoms with Crippen molar-refractivity contribution >= 4 is 0 Å². The largest absolute Gasteiger partial charge is 0.375 e. The van der Waals surface area contributed by atoms with Gasteiger partial charge in [-0.1, -0.05) is 12.8 Å². The van der Waals surface area contributed by atoms with Crippen molar-refractivity contribution in [3.63, 3.8) is 0 Å². The van der Waals surface area contributed by atoms with Crippen LogP contribution < -0.4 is 5.32 Å². The van der Waals surface area contributed by atoms with Crippen LogP contribution in [-0.4, -0.2) is 49.8 Å². The molecule has 2 aliphatic heterocycles. The molecule has 18 heavy (non-hydrogen) atoms. The Bertz CT molecular complexity index is 251. The summed E-state index contributed by atoms with van der Waals surface area (Å²) in [7, 11) is 0. The maximum atomic E-state index is 5.94. The molecule has 1 N–H and O–H groups in total. The summed E-state index contributed by atoms with van der Waals surface area (Å²) >= 11 is 0. The number of nitrogens with zero attached hydrogens (tertiary/aromatic N) is 1. The Morgan fingerprint density at radius 2 is 2.11 bits per heavy atom. The van der Waals surface area contributed by atoms with Crippen molar-refractivity contribution in [3.8, 4) is 0 Å². The normalized spacial score (nSPS) is 37.7. The van der Waals surface area contributed by atoms with Gasteiger partial charge in [0.1, 0.15) is 0 Å². The van der Waals surface area contributed by atoms with Crippen molar-refractivity contribution < 1.29 is 4.74 Å². The van der Waals surface area contributed by atoms with E-state index < -0.39 is 0 Å². The fraction of sp³-hybridized carbons (Fsp3) is 1.00. The van der Waals surface area contributed by atoms with E-state index >= 15 is 0 Å². The molecule has 1 saturated carbocycles. The standard InChI is InChI=1S/C15H28N2O/c1-2-6-15-14(5-1)17(10-11-18-15)9-3-4-13-7-8-16-12-13/h13-16H,1-12H2. The Morgan fingerprint density at radius 3 is 3.00 bits per heavy atom. The molecule has 3 unspecified atom stereocenters. The zero-order valence-corrected chi connectivity index (χ0v) is 11.6. The van der Waals surface area contributed by atoms with Crippen LogP contribution in [0.3, 0.4) is 0 Å². The van der Waals surface area contributed by atoms with Gasteiger partial charge in [0.05, 0.1) is 12.7 Å². The fourth-order valence-corrected chi connectivity index (χ4v) is 4.00. The van der Waals surface area contributed by atoms with Crippen molar-refractivity contribution in [1.29, 1.82) is 0 Å². The Hall–Kier alpha value is -0.120. The summed E-state index contributed by atoms with van der Waals surface area (Å²) < 4.78 is 5.94. The number of morpholine rings is 1. The second-order valence-electron chi connectivity index (χ2n) is 6.30. The van der Waals surface area contributed by atoms with Crippen molar-refractivity contribution in [2.75, 3.05) is 32.8 Å². The van der Waals surface area contributed by atoms with E-state index in [1.54, 1.807) is 0 Å². The average molecular weight is 252 g/mol. The minimum absolute atomic E-state index is 0.556. The van der Waals surface area contributed by atoms with Gasteiger partial charge in [-0.25, -0.2) is 0 Å². The first-order chi connectivity index (χ1) is 8.93. The summed E-state index contributed by atoms with van der Waals surface area (Å²) in [5.41, 5.74) is 0. The van der Waals surface area contributed by atoms with E-state index in [4.69, 9.17) is 4.74 Å². The van der Waals surface area contributed by atoms with Crippen LogP contribution in [0.15, 0.2) is 0 Å². The van der Waals surface area contributed by atoms with Crippen LogP contribution in [0.25, 0.3) is 0 Å². The summed E-state index contributed by atoms with van der Waals surface area (Å²) in [4.78, 5) is 2.73. The van der Waals surface area contributed by atoms with Gasteiger partial charge in [-0.05, 0) is 57.7 Å². The SMILES string of the molecule is C1CCC2C(C1)OCCN2CCCC1CCNC1. The van der Waals surface area contributed by atoms with E-state index in [9.17, 15) is 0 Å². The molecule has 3 atom stereocenters. The van der Waals surface area contributed by atoms with E-state index in [1.807, 2.05) is 0 Å². The zero-order chi connectivity index (χ0) is 12.2. The molecule has 0 spiro atoms. The van der Waals surface area contributed by atoms with Gasteiger partial charge >= 0.3 is 0 Å². The summed E-state index contributed by atoms with van der Waals surface area (Å²) in [5.74, 6) is 0.952. The van der Waals surface area contributed by atoms with Crippen LogP contribution in [0.2, 0.25) is 0 Å². The maximum Gasteiger partial charge on any atom is 0.0730 e. The van der Waals surface area contributed by atoms with E-state index in [1.165, 1.54) is 71.1 Å². The lowest BCUT2D eigenvalue weighted by molar-refractivity contribution is -0.0884. The second-order valence-corrected chi connectivity index (χ2v) is 6.30. The van der Waals surface area contributed by atoms with Gasteiger partial charge in [-0.15, -0.1) is 0 Å². The third kappa shape index (κ3) is 3.06. The molecule has 104 valence electrons. The highest BCUT2D eigenvalue weighted by Crippen LogP contribution is 2.28. The van der Waals surface area contributed by atoms with Crippen LogP contribution in [-0.2, 0) is 4.74 Å². The first kappa shape index (κ1) is 12.9. The molecule has 0 aromatic heterocycles. The predicted molar refractivity (Wildman–Crippen MR) is 73.8 cm³/mol. The molecule has 3 nitrogen and oxygen atoms in total. The summed E-state index contributed by atoms with van der Waals surface area (Å²) in [6.07, 6.45) is 10.2. The van der Waals surface area contributed by atoms with Gasteiger partial charge in [0, 0.05) is 12.6 Å². The molecular formula is C15H28N2O. The minimum Gasteiger partial charge on any atom is -0.375 e. The maximum absolute atomic E-state index is 5.94. The highest BCUT2D eigenvalue weighted by molar-refractivity contribution is 4.87. The van der Waals surface area contributed by atoms with Gasteiger partial charge in [-0.2, -0.15) is 0 Å². The zero-order valence-electron chi connectivity index (χ0n) is 11.6. The van der Waals surface area contributed by atoms with Crippen LogP contribution >= 0.6 is 0 Å². The summed E-state index contributed by atoms with van der Waals surface area (Å²) in [6.45, 7) is 5.94. The minimum atomic E-state index is 0.556. The fourth-order valence-electron chi connectivity index (χ4n) is 4.00. The molecule has 3 fully saturated rings. The molecule has 2 saturated heterocycles. The van der Waals surface area contributed by atoms with Gasteiger partial charge < -0.3 is 10.1 Å². The third-order valence-electron chi connectivity index (χ3n) is 5.07. The Labute approximate surface area is 111 Å². The summed E-state index contributed by atoms with van der Waals surface area (Å²) in [5, 5.41) is 3.47. The Kier molecular flexibility index (Phi) is 4.55. The molecule has 0 aromatic rings. The molecule has 3 rings (SSSR count). The van der Waals surface area contributed by atoms with E-state index in [-0.39, 0.29) is 0 Å². The number of ether oxygens (including phenoxy) is 1. The third-order valence-corrected chi connectivity index (χ3v) is 5.07. The first-order valence-electron chi connectivity index (χ1n) is 8.00. The number of hydrogen-bond acceptors (Lipinski definition) is 3. The number of nitrogens with one attached hydrogen (secondary N) is 1. The molecule has 2 heterocycles.